The number of anilines is 1. The molecule has 134 valence electrons. The van der Waals surface area contributed by atoms with E-state index in [1.807, 2.05) is 6.92 Å². The van der Waals surface area contributed by atoms with E-state index in [0.29, 0.717) is 47.6 Å². The molecule has 0 amide bonds. The lowest BCUT2D eigenvalue weighted by molar-refractivity contribution is 0.204. The molecule has 2 heterocycles. The van der Waals surface area contributed by atoms with Crippen LogP contribution in [-0.4, -0.2) is 17.1 Å². The molecular weight excluding hydrogens is 321 g/mol. The highest BCUT2D eigenvalue weighted by Crippen LogP contribution is 2.42. The summed E-state index contributed by atoms with van der Waals surface area (Å²) in [4.78, 5) is 4.03. The van der Waals surface area contributed by atoms with Crippen LogP contribution in [0.3, 0.4) is 0 Å². The highest BCUT2D eigenvalue weighted by Gasteiger charge is 2.25. The van der Waals surface area contributed by atoms with E-state index in [9.17, 15) is 4.39 Å². The summed E-state index contributed by atoms with van der Waals surface area (Å²) < 4.78 is 26.1. The molecule has 0 aliphatic carbocycles. The molecule has 0 spiro atoms. The predicted octanol–water partition coefficient (Wildman–Crippen LogP) is 3.50. The topological polar surface area (TPSA) is 83.4 Å². The zero-order valence-corrected chi connectivity index (χ0v) is 14.8. The summed E-state index contributed by atoms with van der Waals surface area (Å²) in [6, 6.07) is 4.72. The van der Waals surface area contributed by atoms with Crippen molar-refractivity contribution in [1.29, 1.82) is 0 Å². The maximum atomic E-state index is 14.7. The van der Waals surface area contributed by atoms with Crippen LogP contribution in [0.15, 0.2) is 24.4 Å². The molecule has 4 N–H and O–H groups in total. The Morgan fingerprint density at radius 3 is 2.84 bits per heavy atom. The molecule has 0 bridgehead atoms. The molecule has 3 rings (SSSR count). The van der Waals surface area contributed by atoms with Crippen LogP contribution >= 0.6 is 0 Å². The van der Waals surface area contributed by atoms with Crippen molar-refractivity contribution in [3.63, 3.8) is 0 Å². The fourth-order valence-electron chi connectivity index (χ4n) is 3.26. The minimum Gasteiger partial charge on any atom is -0.491 e. The van der Waals surface area contributed by atoms with Crippen LogP contribution in [0.1, 0.15) is 32.8 Å². The standard InChI is InChI=1S/C19H24FN3O2/c1-11(2)7-19(3,22)10-25-13-4-15(20)18-14-6-17(21)23-8-12(14)9-24-16(18)5-13/h4-6,8,11H,7,9-10,22H2,1-3H3,(H2,21,23). The number of nitrogen functional groups attached to an aromatic ring is 1. The number of rotatable bonds is 5. The molecular formula is C19H24FN3O2. The van der Waals surface area contributed by atoms with Gasteiger partial charge < -0.3 is 20.9 Å². The molecule has 5 nitrogen and oxygen atoms in total. The van der Waals surface area contributed by atoms with Gasteiger partial charge in [0.1, 0.15) is 36.3 Å². The molecule has 1 aromatic carbocycles. The number of hydrogen-bond acceptors (Lipinski definition) is 5. The summed E-state index contributed by atoms with van der Waals surface area (Å²) in [7, 11) is 0. The van der Waals surface area contributed by atoms with Gasteiger partial charge in [-0.2, -0.15) is 0 Å². The number of pyridine rings is 1. The van der Waals surface area contributed by atoms with Crippen LogP contribution in [0.2, 0.25) is 0 Å². The Bertz CT molecular complexity index is 790. The number of nitrogens with two attached hydrogens (primary N) is 2. The van der Waals surface area contributed by atoms with E-state index < -0.39 is 11.4 Å². The Kier molecular flexibility index (Phi) is 4.56. The summed E-state index contributed by atoms with van der Waals surface area (Å²) in [5.74, 6) is 1.23. The number of halogens is 1. The Labute approximate surface area is 147 Å². The molecule has 1 unspecified atom stereocenters. The smallest absolute Gasteiger partial charge is 0.138 e. The van der Waals surface area contributed by atoms with Crippen LogP contribution in [0.5, 0.6) is 11.5 Å². The van der Waals surface area contributed by atoms with Gasteiger partial charge in [0.15, 0.2) is 0 Å². The quantitative estimate of drug-likeness (QED) is 0.866. The van der Waals surface area contributed by atoms with Gasteiger partial charge in [0, 0.05) is 35.0 Å². The van der Waals surface area contributed by atoms with Crippen molar-refractivity contribution in [3.05, 3.63) is 35.8 Å². The Balaban J connectivity index is 1.86. The van der Waals surface area contributed by atoms with E-state index in [2.05, 4.69) is 18.8 Å². The van der Waals surface area contributed by atoms with Crippen molar-refractivity contribution in [2.75, 3.05) is 12.3 Å². The molecule has 1 aliphatic rings. The number of aromatic nitrogens is 1. The molecule has 1 aromatic heterocycles. The molecule has 0 fully saturated rings. The van der Waals surface area contributed by atoms with Gasteiger partial charge in [0.05, 0.1) is 5.56 Å². The first-order chi connectivity index (χ1) is 11.7. The second-order valence-corrected chi connectivity index (χ2v) is 7.37. The number of benzene rings is 1. The second kappa shape index (κ2) is 6.52. The van der Waals surface area contributed by atoms with Gasteiger partial charge in [-0.25, -0.2) is 9.37 Å². The average Bonchev–Trinajstić information content (AvgIpc) is 2.51. The molecule has 1 aliphatic heterocycles. The molecule has 0 radical (unpaired) electrons. The van der Waals surface area contributed by atoms with Crippen molar-refractivity contribution in [3.8, 4) is 22.6 Å². The third-order valence-electron chi connectivity index (χ3n) is 4.13. The third kappa shape index (κ3) is 3.85. The lowest BCUT2D eigenvalue weighted by Gasteiger charge is -2.27. The lowest BCUT2D eigenvalue weighted by Crippen LogP contribution is -2.43. The van der Waals surface area contributed by atoms with Crippen molar-refractivity contribution >= 4 is 5.82 Å². The zero-order chi connectivity index (χ0) is 18.2. The third-order valence-corrected chi connectivity index (χ3v) is 4.13. The average molecular weight is 345 g/mol. The van der Waals surface area contributed by atoms with E-state index in [0.717, 1.165) is 12.0 Å². The zero-order valence-electron chi connectivity index (χ0n) is 14.8. The van der Waals surface area contributed by atoms with Crippen molar-refractivity contribution in [2.24, 2.45) is 11.7 Å². The van der Waals surface area contributed by atoms with Gasteiger partial charge in [-0.3, -0.25) is 0 Å². The van der Waals surface area contributed by atoms with Gasteiger partial charge in [0.25, 0.3) is 0 Å². The van der Waals surface area contributed by atoms with Crippen LogP contribution in [0.4, 0.5) is 10.2 Å². The van der Waals surface area contributed by atoms with Gasteiger partial charge >= 0.3 is 0 Å². The van der Waals surface area contributed by atoms with E-state index in [1.165, 1.54) is 6.07 Å². The normalized spacial score (nSPS) is 15.1. The van der Waals surface area contributed by atoms with E-state index in [4.69, 9.17) is 20.9 Å². The van der Waals surface area contributed by atoms with Crippen molar-refractivity contribution in [2.45, 2.75) is 39.3 Å². The Hall–Kier alpha value is -2.34. The number of nitrogens with zero attached hydrogens (tertiary/aromatic N) is 1. The SMILES string of the molecule is CC(C)CC(C)(N)COc1cc(F)c2c(c1)OCc1cnc(N)cc1-2. The summed E-state index contributed by atoms with van der Waals surface area (Å²) in [5, 5.41) is 0. The summed E-state index contributed by atoms with van der Waals surface area (Å²) in [5.41, 5.74) is 13.4. The molecule has 1 atom stereocenters. The Morgan fingerprint density at radius 2 is 2.12 bits per heavy atom. The molecule has 2 aromatic rings. The minimum absolute atomic E-state index is 0.302. The highest BCUT2D eigenvalue weighted by atomic mass is 19.1. The molecule has 0 saturated heterocycles. The van der Waals surface area contributed by atoms with Crippen LogP contribution in [-0.2, 0) is 6.61 Å². The lowest BCUT2D eigenvalue weighted by atomic mass is 9.93. The van der Waals surface area contributed by atoms with Crippen LogP contribution < -0.4 is 20.9 Å². The van der Waals surface area contributed by atoms with Gasteiger partial charge in [-0.15, -0.1) is 0 Å². The first kappa shape index (κ1) is 17.5. The van der Waals surface area contributed by atoms with Gasteiger partial charge in [-0.1, -0.05) is 13.8 Å². The van der Waals surface area contributed by atoms with Gasteiger partial charge in [-0.05, 0) is 25.3 Å². The fraction of sp³-hybridized carbons (Fsp3) is 0.421. The molecule has 0 saturated carbocycles. The van der Waals surface area contributed by atoms with Crippen LogP contribution in [0.25, 0.3) is 11.1 Å². The van der Waals surface area contributed by atoms with Crippen molar-refractivity contribution in [1.82, 2.24) is 4.98 Å². The summed E-state index contributed by atoms with van der Waals surface area (Å²) in [6.45, 7) is 6.77. The maximum absolute atomic E-state index is 14.7. The maximum Gasteiger partial charge on any atom is 0.138 e. The van der Waals surface area contributed by atoms with Gasteiger partial charge in [0.2, 0.25) is 0 Å². The number of fused-ring (bicyclic) bond motifs is 3. The largest absolute Gasteiger partial charge is 0.491 e. The first-order valence-corrected chi connectivity index (χ1v) is 8.38. The second-order valence-electron chi connectivity index (χ2n) is 7.37. The predicted molar refractivity (Wildman–Crippen MR) is 95.9 cm³/mol. The van der Waals surface area contributed by atoms with Crippen molar-refractivity contribution < 1.29 is 13.9 Å². The highest BCUT2D eigenvalue weighted by molar-refractivity contribution is 5.77. The molecule has 6 heteroatoms. The van der Waals surface area contributed by atoms with Crippen LogP contribution in [0, 0.1) is 11.7 Å². The molecule has 25 heavy (non-hydrogen) atoms. The number of ether oxygens (including phenoxy) is 2. The van der Waals surface area contributed by atoms with E-state index in [-0.39, 0.29) is 0 Å². The minimum atomic E-state index is -0.478. The number of hydrogen-bond donors (Lipinski definition) is 2. The van der Waals surface area contributed by atoms with E-state index in [1.54, 1.807) is 18.3 Å². The first-order valence-electron chi connectivity index (χ1n) is 8.38. The monoisotopic (exact) mass is 345 g/mol. The summed E-state index contributed by atoms with van der Waals surface area (Å²) >= 11 is 0. The Morgan fingerprint density at radius 1 is 1.36 bits per heavy atom. The van der Waals surface area contributed by atoms with E-state index >= 15 is 0 Å². The summed E-state index contributed by atoms with van der Waals surface area (Å²) in [6.07, 6.45) is 2.43. The fourth-order valence-corrected chi connectivity index (χ4v) is 3.26.